The Morgan fingerprint density at radius 3 is 2.69 bits per heavy atom. The van der Waals surface area contributed by atoms with Gasteiger partial charge in [0, 0.05) is 24.7 Å². The Labute approximate surface area is 150 Å². The highest BCUT2D eigenvalue weighted by molar-refractivity contribution is 6.00. The third kappa shape index (κ3) is 4.08. The summed E-state index contributed by atoms with van der Waals surface area (Å²) in [6.45, 7) is 3.45. The monoisotopic (exact) mass is 357 g/mol. The van der Waals surface area contributed by atoms with Crippen LogP contribution in [0.25, 0.3) is 0 Å². The minimum absolute atomic E-state index is 0.0663. The molecule has 2 aromatic rings. The van der Waals surface area contributed by atoms with Crippen molar-refractivity contribution in [2.24, 2.45) is 5.92 Å². The molecule has 8 nitrogen and oxygen atoms in total. The highest BCUT2D eigenvalue weighted by Crippen LogP contribution is 2.26. The lowest BCUT2D eigenvalue weighted by Gasteiger charge is -2.16. The molecule has 1 N–H and O–H groups in total. The minimum atomic E-state index is -0.592. The Hall–Kier alpha value is -3.16. The van der Waals surface area contributed by atoms with E-state index in [1.807, 2.05) is 31.2 Å². The van der Waals surface area contributed by atoms with Crippen LogP contribution >= 0.6 is 0 Å². The lowest BCUT2D eigenvalue weighted by molar-refractivity contribution is -0.151. The highest BCUT2D eigenvalue weighted by Gasteiger charge is 2.36. The Morgan fingerprint density at radius 1 is 1.31 bits per heavy atom. The molecule has 1 aliphatic heterocycles. The zero-order valence-electron chi connectivity index (χ0n) is 14.5. The van der Waals surface area contributed by atoms with Crippen molar-refractivity contribution in [3.63, 3.8) is 0 Å². The predicted molar refractivity (Wildman–Crippen MR) is 92.5 cm³/mol. The van der Waals surface area contributed by atoms with Crippen LogP contribution < -0.4 is 10.2 Å². The number of rotatable bonds is 5. The molecule has 2 amide bonds. The summed E-state index contributed by atoms with van der Waals surface area (Å²) >= 11 is 0. The average molecular weight is 357 g/mol. The van der Waals surface area contributed by atoms with Crippen LogP contribution in [-0.4, -0.2) is 36.1 Å². The molecule has 0 saturated carbocycles. The van der Waals surface area contributed by atoms with Gasteiger partial charge in [-0.1, -0.05) is 22.9 Å². The van der Waals surface area contributed by atoms with E-state index in [-0.39, 0.29) is 24.7 Å². The number of aryl methyl sites for hydroxylation is 2. The molecule has 1 aromatic heterocycles. The second kappa shape index (κ2) is 7.38. The molecule has 0 radical (unpaired) electrons. The summed E-state index contributed by atoms with van der Waals surface area (Å²) in [5, 5.41) is 6.08. The summed E-state index contributed by atoms with van der Waals surface area (Å²) in [5.41, 5.74) is 1.83. The van der Waals surface area contributed by atoms with Gasteiger partial charge in [-0.05, 0) is 26.0 Å². The molecule has 0 unspecified atom stereocenters. The van der Waals surface area contributed by atoms with Crippen molar-refractivity contribution < 1.29 is 23.6 Å². The van der Waals surface area contributed by atoms with Gasteiger partial charge in [0.25, 0.3) is 5.91 Å². The molecule has 0 aliphatic carbocycles. The summed E-state index contributed by atoms with van der Waals surface area (Å²) in [7, 11) is 0. The molecule has 1 saturated heterocycles. The average Bonchev–Trinajstić information content (AvgIpc) is 3.19. The zero-order chi connectivity index (χ0) is 18.7. The number of amides is 2. The number of hydrogen-bond acceptors (Lipinski definition) is 6. The Bertz CT molecular complexity index is 828. The first-order valence-electron chi connectivity index (χ1n) is 8.19. The SMILES string of the molecule is Cc1ccc(N2C[C@@H](C(=O)OCC(=O)Nc3cc(C)on3)CC2=O)cc1. The smallest absolute Gasteiger partial charge is 0.311 e. The topological polar surface area (TPSA) is 102 Å². The van der Waals surface area contributed by atoms with E-state index in [0.717, 1.165) is 11.3 Å². The van der Waals surface area contributed by atoms with Crippen LogP contribution in [0.15, 0.2) is 34.9 Å². The standard InChI is InChI=1S/C18H19N3O5/c1-11-3-5-14(6-4-11)21-9-13(8-17(21)23)18(24)25-10-16(22)19-15-7-12(2)26-20-15/h3-7,13H,8-10H2,1-2H3,(H,19,20,22)/t13-/m0/s1. The fourth-order valence-corrected chi connectivity index (χ4v) is 2.70. The normalized spacial score (nSPS) is 16.6. The van der Waals surface area contributed by atoms with E-state index in [1.54, 1.807) is 17.9 Å². The number of esters is 1. The Morgan fingerprint density at radius 2 is 2.04 bits per heavy atom. The maximum absolute atomic E-state index is 12.2. The van der Waals surface area contributed by atoms with Gasteiger partial charge in [0.2, 0.25) is 5.91 Å². The number of carbonyl (C=O) groups excluding carboxylic acids is 3. The van der Waals surface area contributed by atoms with E-state index >= 15 is 0 Å². The summed E-state index contributed by atoms with van der Waals surface area (Å²) in [5.74, 6) is -1.02. The summed E-state index contributed by atoms with van der Waals surface area (Å²) in [6.07, 6.45) is 0.0663. The van der Waals surface area contributed by atoms with Crippen molar-refractivity contribution in [2.45, 2.75) is 20.3 Å². The molecule has 3 rings (SSSR count). The molecule has 26 heavy (non-hydrogen) atoms. The van der Waals surface area contributed by atoms with Crippen LogP contribution in [0, 0.1) is 19.8 Å². The minimum Gasteiger partial charge on any atom is -0.455 e. The molecule has 136 valence electrons. The largest absolute Gasteiger partial charge is 0.455 e. The molecular formula is C18H19N3O5. The third-order valence-electron chi connectivity index (χ3n) is 4.04. The molecule has 1 aliphatic rings. The number of nitrogens with one attached hydrogen (secondary N) is 1. The van der Waals surface area contributed by atoms with Gasteiger partial charge < -0.3 is 19.5 Å². The first-order valence-corrected chi connectivity index (χ1v) is 8.19. The molecule has 2 heterocycles. The van der Waals surface area contributed by atoms with E-state index in [1.165, 1.54) is 0 Å². The van der Waals surface area contributed by atoms with Crippen molar-refractivity contribution in [3.8, 4) is 0 Å². The molecule has 0 spiro atoms. The summed E-state index contributed by atoms with van der Waals surface area (Å²) in [6, 6.07) is 9.05. The number of aromatic nitrogens is 1. The van der Waals surface area contributed by atoms with Crippen molar-refractivity contribution in [1.29, 1.82) is 0 Å². The second-order valence-corrected chi connectivity index (χ2v) is 6.22. The molecule has 1 atom stereocenters. The number of carbonyl (C=O) groups is 3. The zero-order valence-corrected chi connectivity index (χ0v) is 14.5. The predicted octanol–water partition coefficient (Wildman–Crippen LogP) is 1.83. The van der Waals surface area contributed by atoms with Crippen LogP contribution in [0.4, 0.5) is 11.5 Å². The third-order valence-corrected chi connectivity index (χ3v) is 4.04. The van der Waals surface area contributed by atoms with E-state index in [4.69, 9.17) is 9.26 Å². The fraction of sp³-hybridized carbons (Fsp3) is 0.333. The lowest BCUT2D eigenvalue weighted by Crippen LogP contribution is -2.28. The maximum atomic E-state index is 12.2. The number of ether oxygens (including phenoxy) is 1. The van der Waals surface area contributed by atoms with Gasteiger partial charge in [0.05, 0.1) is 5.92 Å². The number of hydrogen-bond donors (Lipinski definition) is 1. The van der Waals surface area contributed by atoms with Crippen LogP contribution in [0.1, 0.15) is 17.7 Å². The van der Waals surface area contributed by atoms with Crippen molar-refractivity contribution in [3.05, 3.63) is 41.7 Å². The number of anilines is 2. The van der Waals surface area contributed by atoms with Crippen LogP contribution in [0.2, 0.25) is 0 Å². The quantitative estimate of drug-likeness (QED) is 0.819. The van der Waals surface area contributed by atoms with Gasteiger partial charge in [0.15, 0.2) is 12.4 Å². The van der Waals surface area contributed by atoms with Crippen molar-refractivity contribution in [2.75, 3.05) is 23.4 Å². The Kier molecular flexibility index (Phi) is 5.01. The maximum Gasteiger partial charge on any atom is 0.311 e. The Balaban J connectivity index is 1.51. The van der Waals surface area contributed by atoms with E-state index in [2.05, 4.69) is 10.5 Å². The van der Waals surface area contributed by atoms with E-state index in [0.29, 0.717) is 5.76 Å². The molecule has 0 bridgehead atoms. The van der Waals surface area contributed by atoms with Gasteiger partial charge in [-0.25, -0.2) is 0 Å². The number of nitrogens with zero attached hydrogens (tertiary/aromatic N) is 2. The summed E-state index contributed by atoms with van der Waals surface area (Å²) < 4.78 is 9.86. The second-order valence-electron chi connectivity index (χ2n) is 6.22. The van der Waals surface area contributed by atoms with E-state index < -0.39 is 24.4 Å². The molecule has 1 fully saturated rings. The number of benzene rings is 1. The lowest BCUT2D eigenvalue weighted by atomic mass is 10.1. The fourth-order valence-electron chi connectivity index (χ4n) is 2.70. The van der Waals surface area contributed by atoms with Gasteiger partial charge in [-0.2, -0.15) is 0 Å². The van der Waals surface area contributed by atoms with Gasteiger partial charge in [-0.3, -0.25) is 14.4 Å². The van der Waals surface area contributed by atoms with E-state index in [9.17, 15) is 14.4 Å². The van der Waals surface area contributed by atoms with Crippen molar-refractivity contribution in [1.82, 2.24) is 5.16 Å². The van der Waals surface area contributed by atoms with Gasteiger partial charge >= 0.3 is 5.97 Å². The molecule has 8 heteroatoms. The molecule has 1 aromatic carbocycles. The van der Waals surface area contributed by atoms with Gasteiger partial charge in [-0.15, -0.1) is 0 Å². The van der Waals surface area contributed by atoms with Crippen molar-refractivity contribution >= 4 is 29.3 Å². The van der Waals surface area contributed by atoms with Crippen LogP contribution in [-0.2, 0) is 19.1 Å². The highest BCUT2D eigenvalue weighted by atomic mass is 16.5. The first-order chi connectivity index (χ1) is 12.4. The first kappa shape index (κ1) is 17.7. The van der Waals surface area contributed by atoms with Crippen LogP contribution in [0.3, 0.4) is 0 Å². The summed E-state index contributed by atoms with van der Waals surface area (Å²) in [4.78, 5) is 37.7. The van der Waals surface area contributed by atoms with Gasteiger partial charge in [0.1, 0.15) is 5.76 Å². The van der Waals surface area contributed by atoms with Crippen LogP contribution in [0.5, 0.6) is 0 Å². The molecular weight excluding hydrogens is 338 g/mol.